The maximum Gasteiger partial charge on any atom is 0.326 e. The first kappa shape index (κ1) is 30.6. The first-order valence-corrected chi connectivity index (χ1v) is 13.1. The quantitative estimate of drug-likeness (QED) is 0.172. The van der Waals surface area contributed by atoms with Crippen molar-refractivity contribution in [1.29, 1.82) is 0 Å². The van der Waals surface area contributed by atoms with Crippen molar-refractivity contribution in [3.05, 3.63) is 101 Å². The Morgan fingerprint density at radius 3 is 2.40 bits per heavy atom. The number of hydrogen-bond donors (Lipinski definition) is 4. The Bertz CT molecular complexity index is 1690. The minimum atomic E-state index is -1.38. The number of Topliss-reactive ketones (excluding diaryl/α,β-unsaturated/α-hetero) is 1. The van der Waals surface area contributed by atoms with Gasteiger partial charge >= 0.3 is 11.9 Å². The molecule has 0 aliphatic carbocycles. The molecule has 1 amide bonds. The molecule has 222 valence electrons. The highest BCUT2D eigenvalue weighted by Crippen LogP contribution is 2.27. The summed E-state index contributed by atoms with van der Waals surface area (Å²) in [6.45, 7) is 1.79. The Hall–Kier alpha value is -5.39. The number of rotatable bonds is 13. The summed E-state index contributed by atoms with van der Waals surface area (Å²) in [5.74, 6) is -4.29. The first-order valence-electron chi connectivity index (χ1n) is 13.1. The molecule has 2 heterocycles. The van der Waals surface area contributed by atoms with Crippen LogP contribution in [0.3, 0.4) is 0 Å². The van der Waals surface area contributed by atoms with Crippen molar-refractivity contribution >= 4 is 23.6 Å². The number of amides is 1. The summed E-state index contributed by atoms with van der Waals surface area (Å²) in [4.78, 5) is 54.3. The van der Waals surface area contributed by atoms with Crippen LogP contribution in [0.2, 0.25) is 0 Å². The van der Waals surface area contributed by atoms with E-state index in [1.54, 1.807) is 19.1 Å². The Labute approximate surface area is 244 Å². The monoisotopic (exact) mass is 591 g/mol. The van der Waals surface area contributed by atoms with E-state index in [4.69, 9.17) is 9.84 Å². The van der Waals surface area contributed by atoms with Gasteiger partial charge in [-0.3, -0.25) is 19.4 Å². The number of pyridine rings is 1. The second kappa shape index (κ2) is 13.5. The number of carbonyl (C=O) groups excluding carboxylic acids is 2. The molecule has 12 heteroatoms. The molecule has 0 unspecified atom stereocenters. The van der Waals surface area contributed by atoms with Crippen LogP contribution in [-0.2, 0) is 27.2 Å². The third-order valence-corrected chi connectivity index (χ3v) is 6.44. The number of aromatic nitrogens is 2. The Morgan fingerprint density at radius 2 is 1.67 bits per heavy atom. The van der Waals surface area contributed by atoms with Crippen LogP contribution in [0.1, 0.15) is 39.9 Å². The van der Waals surface area contributed by atoms with Gasteiger partial charge in [0.1, 0.15) is 35.0 Å². The molecule has 0 fully saturated rings. The molecule has 2 aromatic carbocycles. The number of ether oxygens (including phenoxy) is 1. The highest BCUT2D eigenvalue weighted by Gasteiger charge is 2.22. The standard InChI is InChI=1S/C31H27F2N3O7/c1-17-2-5-24(32)19(10-17)12-21(37)11-18-3-4-22(14-25(18)33)43-23-8-9-34-28(15-23)27-13-20(16-35-27)30(40)36-26(31(41)42)6-7-29(38)39/h2-5,8-10,13-16,26,35H,6-7,11-12H2,1H3,(H,36,40)(H,38,39)(H,41,42)/t26-/m0/s1. The predicted molar refractivity (Wildman–Crippen MR) is 150 cm³/mol. The zero-order valence-corrected chi connectivity index (χ0v) is 22.9. The second-order valence-corrected chi connectivity index (χ2v) is 9.82. The summed E-state index contributed by atoms with van der Waals surface area (Å²) in [6.07, 6.45) is 1.71. The summed E-state index contributed by atoms with van der Waals surface area (Å²) in [5.41, 5.74) is 2.08. The molecule has 43 heavy (non-hydrogen) atoms. The number of H-pyrrole nitrogens is 1. The van der Waals surface area contributed by atoms with Gasteiger partial charge < -0.3 is 25.3 Å². The van der Waals surface area contributed by atoms with E-state index >= 15 is 0 Å². The van der Waals surface area contributed by atoms with Gasteiger partial charge in [0.15, 0.2) is 0 Å². The maximum absolute atomic E-state index is 14.8. The number of hydrogen-bond acceptors (Lipinski definition) is 6. The summed E-state index contributed by atoms with van der Waals surface area (Å²) in [7, 11) is 0. The average Bonchev–Trinajstić information content (AvgIpc) is 3.45. The van der Waals surface area contributed by atoms with Gasteiger partial charge in [-0.2, -0.15) is 0 Å². The largest absolute Gasteiger partial charge is 0.481 e. The Kier molecular flexibility index (Phi) is 9.61. The number of ketones is 1. The molecule has 0 radical (unpaired) electrons. The van der Waals surface area contributed by atoms with E-state index < -0.39 is 41.9 Å². The van der Waals surface area contributed by atoms with Crippen molar-refractivity contribution < 1.29 is 42.9 Å². The molecule has 4 rings (SSSR count). The molecule has 2 aromatic heterocycles. The van der Waals surface area contributed by atoms with Gasteiger partial charge in [-0.1, -0.05) is 23.8 Å². The maximum atomic E-state index is 14.8. The average molecular weight is 592 g/mol. The first-order chi connectivity index (χ1) is 20.5. The summed E-state index contributed by atoms with van der Waals surface area (Å²) in [6, 6.07) is 11.7. The van der Waals surface area contributed by atoms with E-state index in [1.807, 2.05) is 0 Å². The van der Waals surface area contributed by atoms with Gasteiger partial charge in [0.05, 0.1) is 17.0 Å². The highest BCUT2D eigenvalue weighted by atomic mass is 19.1. The number of nitrogens with one attached hydrogen (secondary N) is 2. The van der Waals surface area contributed by atoms with Crippen LogP contribution in [0.25, 0.3) is 11.4 Å². The van der Waals surface area contributed by atoms with E-state index in [-0.39, 0.29) is 47.5 Å². The molecule has 4 N–H and O–H groups in total. The van der Waals surface area contributed by atoms with Crippen LogP contribution in [0.5, 0.6) is 11.5 Å². The number of carbonyl (C=O) groups is 4. The lowest BCUT2D eigenvalue weighted by atomic mass is 10.0. The number of carboxylic acid groups (broad SMARTS) is 2. The smallest absolute Gasteiger partial charge is 0.326 e. The van der Waals surface area contributed by atoms with Crippen molar-refractivity contribution in [3.8, 4) is 22.9 Å². The molecular formula is C31H27F2N3O7. The molecule has 0 bridgehead atoms. The molecule has 0 saturated carbocycles. The van der Waals surface area contributed by atoms with Crippen LogP contribution in [0.15, 0.2) is 67.0 Å². The summed E-state index contributed by atoms with van der Waals surface area (Å²) < 4.78 is 34.6. The molecule has 0 spiro atoms. The fourth-order valence-electron chi connectivity index (χ4n) is 4.26. The van der Waals surface area contributed by atoms with E-state index in [0.29, 0.717) is 17.1 Å². The van der Waals surface area contributed by atoms with Gasteiger partial charge in [-0.05, 0) is 48.7 Å². The lowest BCUT2D eigenvalue weighted by Gasteiger charge is -2.12. The van der Waals surface area contributed by atoms with E-state index in [1.165, 1.54) is 48.8 Å². The van der Waals surface area contributed by atoms with E-state index in [2.05, 4.69) is 15.3 Å². The number of carboxylic acids is 2. The van der Waals surface area contributed by atoms with Gasteiger partial charge in [-0.15, -0.1) is 0 Å². The van der Waals surface area contributed by atoms with Crippen molar-refractivity contribution in [2.45, 2.75) is 38.6 Å². The third kappa shape index (κ3) is 8.32. The highest BCUT2D eigenvalue weighted by molar-refractivity contribution is 5.97. The Morgan fingerprint density at radius 1 is 0.930 bits per heavy atom. The SMILES string of the molecule is Cc1ccc(F)c(CC(=O)Cc2ccc(Oc3ccnc(-c4cc(C(=O)N[C@@H](CCC(=O)O)C(=O)O)c[nH]4)c3)cc2F)c1. The minimum absolute atomic E-state index is 0.0991. The number of aromatic amines is 1. The van der Waals surface area contributed by atoms with Crippen LogP contribution in [0.4, 0.5) is 8.78 Å². The number of benzene rings is 2. The molecule has 1 atom stereocenters. The molecule has 4 aromatic rings. The van der Waals surface area contributed by atoms with Crippen LogP contribution < -0.4 is 10.1 Å². The normalized spacial score (nSPS) is 11.5. The van der Waals surface area contributed by atoms with Gasteiger partial charge in [0.2, 0.25) is 0 Å². The summed E-state index contributed by atoms with van der Waals surface area (Å²) >= 11 is 0. The van der Waals surface area contributed by atoms with E-state index in [9.17, 15) is 33.1 Å². The van der Waals surface area contributed by atoms with Gasteiger partial charge in [0, 0.05) is 43.8 Å². The predicted octanol–water partition coefficient (Wildman–Crippen LogP) is 4.86. The topological polar surface area (TPSA) is 159 Å². The molecule has 0 aliphatic rings. The zero-order chi connectivity index (χ0) is 31.1. The number of aliphatic carboxylic acids is 2. The lowest BCUT2D eigenvalue weighted by Crippen LogP contribution is -2.41. The molecular weight excluding hydrogens is 564 g/mol. The summed E-state index contributed by atoms with van der Waals surface area (Å²) in [5, 5.41) is 20.4. The van der Waals surface area contributed by atoms with Crippen LogP contribution in [0, 0.1) is 18.6 Å². The van der Waals surface area contributed by atoms with Crippen LogP contribution in [-0.4, -0.2) is 49.9 Å². The van der Waals surface area contributed by atoms with Crippen molar-refractivity contribution in [1.82, 2.24) is 15.3 Å². The van der Waals surface area contributed by atoms with Crippen LogP contribution >= 0.6 is 0 Å². The fraction of sp³-hybridized carbons (Fsp3) is 0.194. The van der Waals surface area contributed by atoms with E-state index in [0.717, 1.165) is 11.6 Å². The lowest BCUT2D eigenvalue weighted by molar-refractivity contribution is -0.140. The third-order valence-electron chi connectivity index (χ3n) is 6.44. The van der Waals surface area contributed by atoms with Crippen molar-refractivity contribution in [2.75, 3.05) is 0 Å². The molecule has 0 saturated heterocycles. The fourth-order valence-corrected chi connectivity index (χ4v) is 4.26. The van der Waals surface area contributed by atoms with Gasteiger partial charge in [0.25, 0.3) is 5.91 Å². The second-order valence-electron chi connectivity index (χ2n) is 9.82. The van der Waals surface area contributed by atoms with Gasteiger partial charge in [-0.25, -0.2) is 13.6 Å². The minimum Gasteiger partial charge on any atom is -0.481 e. The van der Waals surface area contributed by atoms with Crippen molar-refractivity contribution in [2.24, 2.45) is 0 Å². The number of nitrogens with zero attached hydrogens (tertiary/aromatic N) is 1. The zero-order valence-electron chi connectivity index (χ0n) is 22.9. The molecule has 0 aliphatic heterocycles. The van der Waals surface area contributed by atoms with Crippen molar-refractivity contribution in [3.63, 3.8) is 0 Å². The molecule has 10 nitrogen and oxygen atoms in total. The number of halogens is 2. The Balaban J connectivity index is 1.40. The number of aryl methyl sites for hydroxylation is 1.